The number of benzene rings is 1. The molecule has 0 spiro atoms. The zero-order chi connectivity index (χ0) is 20.8. The van der Waals surface area contributed by atoms with Crippen molar-refractivity contribution in [2.75, 3.05) is 50.9 Å². The summed E-state index contributed by atoms with van der Waals surface area (Å²) < 4.78 is 10.3. The Hall–Kier alpha value is -2.88. The fourth-order valence-electron chi connectivity index (χ4n) is 3.57. The molecule has 10 nitrogen and oxygen atoms in total. The van der Waals surface area contributed by atoms with Crippen LogP contribution in [0.3, 0.4) is 0 Å². The van der Waals surface area contributed by atoms with Crippen LogP contribution in [0, 0.1) is 10.1 Å². The minimum atomic E-state index is -0.459. The highest BCUT2D eigenvalue weighted by Gasteiger charge is 2.27. The van der Waals surface area contributed by atoms with Crippen molar-refractivity contribution in [3.05, 3.63) is 33.9 Å². The Balaban J connectivity index is 1.63. The number of nitrogens with zero attached hydrogens (tertiary/aromatic N) is 3. The summed E-state index contributed by atoms with van der Waals surface area (Å²) in [6.07, 6.45) is 0.878. The molecular formula is C19H26N4O6. The molecule has 2 fully saturated rings. The minimum absolute atomic E-state index is 0.0864. The van der Waals surface area contributed by atoms with Gasteiger partial charge in [-0.1, -0.05) is 0 Å². The first-order chi connectivity index (χ1) is 14.0. The zero-order valence-electron chi connectivity index (χ0n) is 16.5. The van der Waals surface area contributed by atoms with Gasteiger partial charge in [0.2, 0.25) is 0 Å². The number of likely N-dealkylation sites (tertiary alicyclic amines) is 1. The number of carbonyl (C=O) groups excluding carboxylic acids is 2. The summed E-state index contributed by atoms with van der Waals surface area (Å²) >= 11 is 0. The third-order valence-electron chi connectivity index (χ3n) is 5.14. The first kappa shape index (κ1) is 20.8. The molecule has 0 bridgehead atoms. The molecule has 0 atom stereocenters. The smallest absolute Gasteiger partial charge is 0.409 e. The van der Waals surface area contributed by atoms with Gasteiger partial charge in [0.15, 0.2) is 0 Å². The molecule has 0 aromatic heterocycles. The van der Waals surface area contributed by atoms with Gasteiger partial charge in [-0.3, -0.25) is 14.9 Å². The average molecular weight is 406 g/mol. The lowest BCUT2D eigenvalue weighted by atomic mass is 10.0. The Labute approximate surface area is 168 Å². The standard InChI is InChI=1S/C19H26N4O6/c1-2-29-19(25)22-7-5-15(6-8-22)20-18(24)14-3-4-16(17(13-14)23(26)27)21-9-11-28-12-10-21/h3-4,13,15H,2,5-12H2,1H3,(H,20,24). The predicted octanol–water partition coefficient (Wildman–Crippen LogP) is 1.78. The van der Waals surface area contributed by atoms with Gasteiger partial charge in [0, 0.05) is 43.9 Å². The van der Waals surface area contributed by atoms with Crippen molar-refractivity contribution >= 4 is 23.4 Å². The van der Waals surface area contributed by atoms with Crippen molar-refractivity contribution in [3.63, 3.8) is 0 Å². The van der Waals surface area contributed by atoms with E-state index in [0.717, 1.165) is 0 Å². The Morgan fingerprint density at radius 2 is 1.93 bits per heavy atom. The van der Waals surface area contributed by atoms with Crippen molar-refractivity contribution in [1.29, 1.82) is 0 Å². The maximum atomic E-state index is 12.6. The molecule has 10 heteroatoms. The second kappa shape index (κ2) is 9.55. The van der Waals surface area contributed by atoms with Gasteiger partial charge >= 0.3 is 6.09 Å². The molecule has 1 N–H and O–H groups in total. The number of ether oxygens (including phenoxy) is 2. The Kier molecular flexibility index (Phi) is 6.86. The third kappa shape index (κ3) is 5.14. The summed E-state index contributed by atoms with van der Waals surface area (Å²) in [5.41, 5.74) is 0.663. The molecule has 0 saturated carbocycles. The van der Waals surface area contributed by atoms with Crippen LogP contribution in [0.15, 0.2) is 18.2 Å². The van der Waals surface area contributed by atoms with Crippen LogP contribution in [-0.4, -0.2) is 73.9 Å². The van der Waals surface area contributed by atoms with E-state index in [-0.39, 0.29) is 29.3 Å². The summed E-state index contributed by atoms with van der Waals surface area (Å²) in [5.74, 6) is -0.351. The number of piperidine rings is 1. The van der Waals surface area contributed by atoms with E-state index in [9.17, 15) is 19.7 Å². The predicted molar refractivity (Wildman–Crippen MR) is 105 cm³/mol. The van der Waals surface area contributed by atoms with Crippen molar-refractivity contribution in [2.45, 2.75) is 25.8 Å². The highest BCUT2D eigenvalue weighted by atomic mass is 16.6. The number of morpholine rings is 1. The van der Waals surface area contributed by atoms with Crippen molar-refractivity contribution in [1.82, 2.24) is 10.2 Å². The number of amides is 2. The molecule has 158 valence electrons. The van der Waals surface area contributed by atoms with E-state index in [1.54, 1.807) is 24.0 Å². The van der Waals surface area contributed by atoms with Crippen LogP contribution < -0.4 is 10.2 Å². The summed E-state index contributed by atoms with van der Waals surface area (Å²) in [4.78, 5) is 39.0. The van der Waals surface area contributed by atoms with Gasteiger partial charge in [-0.2, -0.15) is 0 Å². The van der Waals surface area contributed by atoms with E-state index in [1.807, 2.05) is 4.90 Å². The molecule has 3 rings (SSSR count). The Morgan fingerprint density at radius 3 is 2.55 bits per heavy atom. The van der Waals surface area contributed by atoms with E-state index in [0.29, 0.717) is 64.5 Å². The number of rotatable bonds is 5. The minimum Gasteiger partial charge on any atom is -0.450 e. The summed E-state index contributed by atoms with van der Waals surface area (Å²) in [6.45, 7) is 5.27. The van der Waals surface area contributed by atoms with E-state index < -0.39 is 4.92 Å². The molecule has 1 aromatic rings. The summed E-state index contributed by atoms with van der Waals surface area (Å²) in [6, 6.07) is 4.47. The van der Waals surface area contributed by atoms with E-state index in [4.69, 9.17) is 9.47 Å². The van der Waals surface area contributed by atoms with E-state index >= 15 is 0 Å². The highest BCUT2D eigenvalue weighted by molar-refractivity contribution is 5.96. The van der Waals surface area contributed by atoms with Crippen LogP contribution in [0.25, 0.3) is 0 Å². The number of nitrogens with one attached hydrogen (secondary N) is 1. The molecule has 0 radical (unpaired) electrons. The second-order valence-corrected chi connectivity index (χ2v) is 6.99. The molecule has 0 unspecified atom stereocenters. The molecule has 2 heterocycles. The molecule has 2 aliphatic heterocycles. The number of nitro benzene ring substituents is 1. The quantitative estimate of drug-likeness (QED) is 0.585. The highest BCUT2D eigenvalue weighted by Crippen LogP contribution is 2.30. The van der Waals surface area contributed by atoms with Gasteiger partial charge in [-0.05, 0) is 31.9 Å². The average Bonchev–Trinajstić information content (AvgIpc) is 2.74. The lowest BCUT2D eigenvalue weighted by Crippen LogP contribution is -2.46. The van der Waals surface area contributed by atoms with Gasteiger partial charge < -0.3 is 24.6 Å². The topological polar surface area (TPSA) is 114 Å². The zero-order valence-corrected chi connectivity index (χ0v) is 16.5. The fourth-order valence-corrected chi connectivity index (χ4v) is 3.57. The Bertz CT molecular complexity index is 757. The first-order valence-electron chi connectivity index (χ1n) is 9.83. The number of anilines is 1. The second-order valence-electron chi connectivity index (χ2n) is 6.99. The molecular weight excluding hydrogens is 380 g/mol. The van der Waals surface area contributed by atoms with Gasteiger partial charge in [-0.15, -0.1) is 0 Å². The van der Waals surface area contributed by atoms with Crippen molar-refractivity contribution in [3.8, 4) is 0 Å². The number of hydrogen-bond acceptors (Lipinski definition) is 7. The lowest BCUT2D eigenvalue weighted by molar-refractivity contribution is -0.384. The lowest BCUT2D eigenvalue weighted by Gasteiger charge is -2.31. The molecule has 1 aromatic carbocycles. The van der Waals surface area contributed by atoms with Crippen LogP contribution in [0.2, 0.25) is 0 Å². The van der Waals surface area contributed by atoms with Gasteiger partial charge in [0.05, 0.1) is 24.7 Å². The van der Waals surface area contributed by atoms with Crippen LogP contribution in [0.1, 0.15) is 30.1 Å². The van der Waals surface area contributed by atoms with Gasteiger partial charge in [-0.25, -0.2) is 4.79 Å². The maximum Gasteiger partial charge on any atom is 0.409 e. The first-order valence-corrected chi connectivity index (χ1v) is 9.83. The molecule has 2 aliphatic rings. The third-order valence-corrected chi connectivity index (χ3v) is 5.14. The Morgan fingerprint density at radius 1 is 1.24 bits per heavy atom. The molecule has 29 heavy (non-hydrogen) atoms. The number of carbonyl (C=O) groups is 2. The van der Waals surface area contributed by atoms with Crippen LogP contribution in [0.5, 0.6) is 0 Å². The van der Waals surface area contributed by atoms with Crippen molar-refractivity contribution < 1.29 is 24.0 Å². The largest absolute Gasteiger partial charge is 0.450 e. The monoisotopic (exact) mass is 406 g/mol. The molecule has 0 aliphatic carbocycles. The van der Waals surface area contributed by atoms with Crippen LogP contribution in [0.4, 0.5) is 16.2 Å². The number of hydrogen-bond donors (Lipinski definition) is 1. The normalized spacial score (nSPS) is 17.7. The summed E-state index contributed by atoms with van der Waals surface area (Å²) in [7, 11) is 0. The van der Waals surface area contributed by atoms with E-state index in [1.165, 1.54) is 6.07 Å². The van der Waals surface area contributed by atoms with Gasteiger partial charge in [0.25, 0.3) is 11.6 Å². The van der Waals surface area contributed by atoms with Gasteiger partial charge in [0.1, 0.15) is 5.69 Å². The van der Waals surface area contributed by atoms with Crippen molar-refractivity contribution in [2.24, 2.45) is 0 Å². The number of nitro groups is 1. The fraction of sp³-hybridized carbons (Fsp3) is 0.579. The van der Waals surface area contributed by atoms with Crippen LogP contribution in [-0.2, 0) is 9.47 Å². The summed E-state index contributed by atoms with van der Waals surface area (Å²) in [5, 5.41) is 14.5. The SMILES string of the molecule is CCOC(=O)N1CCC(NC(=O)c2ccc(N3CCOCC3)c([N+](=O)[O-])c2)CC1. The van der Waals surface area contributed by atoms with E-state index in [2.05, 4.69) is 5.32 Å². The molecule has 2 saturated heterocycles. The molecule has 2 amide bonds. The maximum absolute atomic E-state index is 12.6. The van der Waals surface area contributed by atoms with Crippen LogP contribution >= 0.6 is 0 Å².